The molecule has 24 heavy (non-hydrogen) atoms. The molecule has 1 atom stereocenters. The maximum Gasteiger partial charge on any atom is 0.251 e. The predicted octanol–water partition coefficient (Wildman–Crippen LogP) is 2.87. The molecule has 0 aliphatic heterocycles. The maximum atomic E-state index is 12.4. The summed E-state index contributed by atoms with van der Waals surface area (Å²) < 4.78 is 0. The second-order valence-corrected chi connectivity index (χ2v) is 7.11. The van der Waals surface area contributed by atoms with E-state index in [1.807, 2.05) is 20.8 Å². The number of hydrogen-bond acceptors (Lipinski definition) is 3. The van der Waals surface area contributed by atoms with Gasteiger partial charge in [0.15, 0.2) is 0 Å². The zero-order valence-electron chi connectivity index (χ0n) is 14.8. The number of benzene rings is 1. The van der Waals surface area contributed by atoms with E-state index in [0.717, 1.165) is 24.1 Å². The van der Waals surface area contributed by atoms with E-state index in [0.29, 0.717) is 30.2 Å². The molecule has 0 bridgehead atoms. The van der Waals surface area contributed by atoms with Gasteiger partial charge in [0.25, 0.3) is 5.91 Å². The van der Waals surface area contributed by atoms with Crippen LogP contribution in [0.2, 0.25) is 0 Å². The molecule has 2 amide bonds. The minimum Gasteiger partial charge on any atom is -0.396 e. The van der Waals surface area contributed by atoms with Gasteiger partial charge in [0.2, 0.25) is 5.91 Å². The standard InChI is InChI=1S/C19H28N2O3/c1-12(2)10-18(23)20-16-7-6-15(11-13(16)3)19(24)21-17(8-9-22)14-4-5-14/h6-7,11-12,14,17,22H,4-5,8-10H2,1-3H3,(H,20,23)(H,21,24). The van der Waals surface area contributed by atoms with E-state index < -0.39 is 0 Å². The summed E-state index contributed by atoms with van der Waals surface area (Å²) in [5.74, 6) is 0.670. The first-order chi connectivity index (χ1) is 11.4. The lowest BCUT2D eigenvalue weighted by atomic mass is 10.1. The smallest absolute Gasteiger partial charge is 0.251 e. The van der Waals surface area contributed by atoms with Gasteiger partial charge < -0.3 is 15.7 Å². The molecule has 1 aliphatic rings. The van der Waals surface area contributed by atoms with Gasteiger partial charge in [-0.25, -0.2) is 0 Å². The van der Waals surface area contributed by atoms with Crippen molar-refractivity contribution in [1.82, 2.24) is 5.32 Å². The zero-order chi connectivity index (χ0) is 17.7. The minimum absolute atomic E-state index is 0.0120. The van der Waals surface area contributed by atoms with Gasteiger partial charge in [0.1, 0.15) is 0 Å². The topological polar surface area (TPSA) is 78.4 Å². The molecule has 1 fully saturated rings. The van der Waals surface area contributed by atoms with E-state index in [9.17, 15) is 9.59 Å². The van der Waals surface area contributed by atoms with Crippen LogP contribution >= 0.6 is 0 Å². The lowest BCUT2D eigenvalue weighted by Gasteiger charge is -2.18. The van der Waals surface area contributed by atoms with Crippen molar-refractivity contribution in [3.8, 4) is 0 Å². The Hall–Kier alpha value is -1.88. The number of hydrogen-bond donors (Lipinski definition) is 3. The van der Waals surface area contributed by atoms with Gasteiger partial charge in [-0.3, -0.25) is 9.59 Å². The number of nitrogens with one attached hydrogen (secondary N) is 2. The Labute approximate surface area is 143 Å². The fraction of sp³-hybridized carbons (Fsp3) is 0.579. The van der Waals surface area contributed by atoms with Gasteiger partial charge in [0.05, 0.1) is 0 Å². The lowest BCUT2D eigenvalue weighted by molar-refractivity contribution is -0.116. The van der Waals surface area contributed by atoms with Gasteiger partial charge in [0, 0.05) is 30.3 Å². The first kappa shape index (κ1) is 18.5. The van der Waals surface area contributed by atoms with E-state index in [-0.39, 0.29) is 24.5 Å². The van der Waals surface area contributed by atoms with Crippen LogP contribution in [-0.4, -0.2) is 29.6 Å². The van der Waals surface area contributed by atoms with Gasteiger partial charge in [-0.05, 0) is 61.8 Å². The second-order valence-electron chi connectivity index (χ2n) is 7.11. The molecule has 1 saturated carbocycles. The van der Waals surface area contributed by atoms with Crippen LogP contribution < -0.4 is 10.6 Å². The summed E-state index contributed by atoms with van der Waals surface area (Å²) in [6.45, 7) is 5.97. The highest BCUT2D eigenvalue weighted by Crippen LogP contribution is 2.34. The highest BCUT2D eigenvalue weighted by atomic mass is 16.3. The Morgan fingerprint density at radius 2 is 2.00 bits per heavy atom. The van der Waals surface area contributed by atoms with Crippen molar-refractivity contribution < 1.29 is 14.7 Å². The summed E-state index contributed by atoms with van der Waals surface area (Å²) in [7, 11) is 0. The summed E-state index contributed by atoms with van der Waals surface area (Å²) in [5, 5.41) is 15.0. The van der Waals surface area contributed by atoms with Crippen LogP contribution in [0.25, 0.3) is 0 Å². The quantitative estimate of drug-likeness (QED) is 0.685. The van der Waals surface area contributed by atoms with E-state index in [2.05, 4.69) is 10.6 Å². The number of carbonyl (C=O) groups is 2. The fourth-order valence-corrected chi connectivity index (χ4v) is 2.83. The molecule has 1 aromatic rings. The fourth-order valence-electron chi connectivity index (χ4n) is 2.83. The van der Waals surface area contributed by atoms with Crippen molar-refractivity contribution in [2.24, 2.45) is 11.8 Å². The van der Waals surface area contributed by atoms with Crippen LogP contribution in [0, 0.1) is 18.8 Å². The summed E-state index contributed by atoms with van der Waals surface area (Å²) in [6, 6.07) is 5.35. The molecule has 1 unspecified atom stereocenters. The third-order valence-corrected chi connectivity index (χ3v) is 4.30. The molecule has 0 aromatic heterocycles. The monoisotopic (exact) mass is 332 g/mol. The number of rotatable bonds is 8. The van der Waals surface area contributed by atoms with Crippen molar-refractivity contribution in [3.63, 3.8) is 0 Å². The molecular weight excluding hydrogens is 304 g/mol. The highest BCUT2D eigenvalue weighted by Gasteiger charge is 2.31. The normalized spacial score (nSPS) is 15.2. The Balaban J connectivity index is 1.99. The first-order valence-corrected chi connectivity index (χ1v) is 8.73. The van der Waals surface area contributed by atoms with Crippen LogP contribution in [-0.2, 0) is 4.79 Å². The van der Waals surface area contributed by atoms with E-state index >= 15 is 0 Å². The van der Waals surface area contributed by atoms with Crippen LogP contribution in [0.3, 0.4) is 0 Å². The van der Waals surface area contributed by atoms with Crippen molar-refractivity contribution >= 4 is 17.5 Å². The van der Waals surface area contributed by atoms with Crippen molar-refractivity contribution in [2.45, 2.75) is 52.5 Å². The van der Waals surface area contributed by atoms with Crippen LogP contribution in [0.5, 0.6) is 0 Å². The molecule has 5 heteroatoms. The Morgan fingerprint density at radius 1 is 1.29 bits per heavy atom. The third kappa shape index (κ3) is 5.34. The van der Waals surface area contributed by atoms with Gasteiger partial charge in [-0.2, -0.15) is 0 Å². The number of anilines is 1. The first-order valence-electron chi connectivity index (χ1n) is 8.73. The molecule has 0 spiro atoms. The van der Waals surface area contributed by atoms with Gasteiger partial charge in [-0.1, -0.05) is 13.8 Å². The number of amides is 2. The summed E-state index contributed by atoms with van der Waals surface area (Å²) >= 11 is 0. The Morgan fingerprint density at radius 3 is 2.54 bits per heavy atom. The van der Waals surface area contributed by atoms with Crippen LogP contribution in [0.4, 0.5) is 5.69 Å². The average molecular weight is 332 g/mol. The van der Waals surface area contributed by atoms with Crippen LogP contribution in [0.1, 0.15) is 55.5 Å². The molecule has 2 rings (SSSR count). The SMILES string of the molecule is Cc1cc(C(=O)NC(CCO)C2CC2)ccc1NC(=O)CC(C)C. The van der Waals surface area contributed by atoms with Gasteiger partial charge >= 0.3 is 0 Å². The second kappa shape index (κ2) is 8.29. The number of aliphatic hydroxyl groups is 1. The Bertz CT molecular complexity index is 594. The molecule has 0 heterocycles. The van der Waals surface area contributed by atoms with E-state index in [1.165, 1.54) is 0 Å². The van der Waals surface area contributed by atoms with Crippen molar-refractivity contribution in [3.05, 3.63) is 29.3 Å². The summed E-state index contributed by atoms with van der Waals surface area (Å²) in [4.78, 5) is 24.3. The molecule has 5 nitrogen and oxygen atoms in total. The van der Waals surface area contributed by atoms with Gasteiger partial charge in [-0.15, -0.1) is 0 Å². The van der Waals surface area contributed by atoms with E-state index in [4.69, 9.17) is 5.11 Å². The predicted molar refractivity (Wildman–Crippen MR) is 94.9 cm³/mol. The molecule has 1 aliphatic carbocycles. The highest BCUT2D eigenvalue weighted by molar-refractivity contribution is 5.96. The van der Waals surface area contributed by atoms with Crippen molar-refractivity contribution in [1.29, 1.82) is 0 Å². The number of aryl methyl sites for hydroxylation is 1. The lowest BCUT2D eigenvalue weighted by Crippen LogP contribution is -2.37. The Kier molecular flexibility index (Phi) is 6.37. The number of carbonyl (C=O) groups excluding carboxylic acids is 2. The molecule has 1 aromatic carbocycles. The summed E-state index contributed by atoms with van der Waals surface area (Å²) in [6.07, 6.45) is 3.31. The minimum atomic E-state index is -0.122. The number of aliphatic hydroxyl groups excluding tert-OH is 1. The van der Waals surface area contributed by atoms with Crippen LogP contribution in [0.15, 0.2) is 18.2 Å². The van der Waals surface area contributed by atoms with E-state index in [1.54, 1.807) is 18.2 Å². The van der Waals surface area contributed by atoms with Crippen molar-refractivity contribution in [2.75, 3.05) is 11.9 Å². The molecule has 132 valence electrons. The largest absolute Gasteiger partial charge is 0.396 e. The maximum absolute atomic E-state index is 12.4. The molecule has 0 saturated heterocycles. The average Bonchev–Trinajstić information content (AvgIpc) is 3.32. The summed E-state index contributed by atoms with van der Waals surface area (Å²) in [5.41, 5.74) is 2.19. The molecule has 3 N–H and O–H groups in total. The molecular formula is C19H28N2O3. The molecule has 0 radical (unpaired) electrons. The third-order valence-electron chi connectivity index (χ3n) is 4.30. The zero-order valence-corrected chi connectivity index (χ0v) is 14.8.